The Morgan fingerprint density at radius 2 is 2.08 bits per heavy atom. The number of hydrogen-bond donors (Lipinski definition) is 2. The number of nitrogens with one attached hydrogen (secondary N) is 2. The van der Waals surface area contributed by atoms with Crippen LogP contribution >= 0.6 is 11.6 Å². The standard InChI is InChI=1S/C15H12ClFN2O.C3H6O2/c1-20-15-8-10(2-3-12(15)17)19-14-7-9(16)6-13-11(14)4-5-18-13;1-2-5-3-4/h2-8,18-19H,1H3;3H,2H2,1H3. The molecule has 1 heterocycles. The molecule has 5 nitrogen and oxygen atoms in total. The van der Waals surface area contributed by atoms with Crippen LogP contribution < -0.4 is 10.1 Å². The molecular weight excluding hydrogens is 347 g/mol. The zero-order valence-corrected chi connectivity index (χ0v) is 14.6. The lowest BCUT2D eigenvalue weighted by Gasteiger charge is -2.10. The van der Waals surface area contributed by atoms with Crippen LogP contribution in [0.15, 0.2) is 42.6 Å². The van der Waals surface area contributed by atoms with Gasteiger partial charge in [0.05, 0.1) is 13.7 Å². The van der Waals surface area contributed by atoms with E-state index in [4.69, 9.17) is 16.3 Å². The van der Waals surface area contributed by atoms with Crippen LogP contribution in [0.25, 0.3) is 10.9 Å². The van der Waals surface area contributed by atoms with E-state index in [2.05, 4.69) is 15.0 Å². The van der Waals surface area contributed by atoms with Crippen molar-refractivity contribution in [2.24, 2.45) is 0 Å². The molecule has 3 aromatic rings. The van der Waals surface area contributed by atoms with Gasteiger partial charge in [0.15, 0.2) is 11.6 Å². The topological polar surface area (TPSA) is 63.4 Å². The third-order valence-corrected chi connectivity index (χ3v) is 3.52. The fourth-order valence-corrected chi connectivity index (χ4v) is 2.41. The summed E-state index contributed by atoms with van der Waals surface area (Å²) in [6.45, 7) is 2.66. The Kier molecular flexibility index (Phi) is 6.65. The van der Waals surface area contributed by atoms with Crippen LogP contribution in [0.1, 0.15) is 6.92 Å². The maximum atomic E-state index is 13.4. The SMILES string of the molecule is CCOC=O.COc1cc(Nc2cc(Cl)cc3[nH]ccc23)ccc1F. The summed E-state index contributed by atoms with van der Waals surface area (Å²) in [5.41, 5.74) is 2.52. The predicted octanol–water partition coefficient (Wildman–Crippen LogP) is 4.89. The van der Waals surface area contributed by atoms with E-state index in [0.29, 0.717) is 18.1 Å². The summed E-state index contributed by atoms with van der Waals surface area (Å²) in [4.78, 5) is 12.3. The van der Waals surface area contributed by atoms with Crippen molar-refractivity contribution in [3.05, 3.63) is 53.4 Å². The molecule has 0 aliphatic heterocycles. The van der Waals surface area contributed by atoms with Gasteiger partial charge in [-0.15, -0.1) is 0 Å². The molecule has 0 atom stereocenters. The summed E-state index contributed by atoms with van der Waals surface area (Å²) in [5, 5.41) is 4.86. The van der Waals surface area contributed by atoms with Crippen molar-refractivity contribution in [2.75, 3.05) is 19.0 Å². The molecule has 2 N–H and O–H groups in total. The van der Waals surface area contributed by atoms with Gasteiger partial charge in [0, 0.05) is 39.6 Å². The number of benzene rings is 2. The highest BCUT2D eigenvalue weighted by Crippen LogP contribution is 2.31. The Balaban J connectivity index is 0.000000399. The molecule has 0 amide bonds. The maximum Gasteiger partial charge on any atom is 0.293 e. The van der Waals surface area contributed by atoms with E-state index in [1.165, 1.54) is 13.2 Å². The van der Waals surface area contributed by atoms with Gasteiger partial charge in [0.2, 0.25) is 0 Å². The van der Waals surface area contributed by atoms with Gasteiger partial charge in [0.25, 0.3) is 6.47 Å². The molecule has 0 bridgehead atoms. The second kappa shape index (κ2) is 8.94. The Hall–Kier alpha value is -2.73. The molecule has 25 heavy (non-hydrogen) atoms. The Labute approximate surface area is 149 Å². The molecule has 0 saturated heterocycles. The summed E-state index contributed by atoms with van der Waals surface area (Å²) in [7, 11) is 1.44. The number of hydrogen-bond acceptors (Lipinski definition) is 4. The number of methoxy groups -OCH3 is 1. The quantitative estimate of drug-likeness (QED) is 0.632. The first-order valence-electron chi connectivity index (χ1n) is 7.51. The Morgan fingerprint density at radius 3 is 2.72 bits per heavy atom. The van der Waals surface area contributed by atoms with Crippen molar-refractivity contribution in [1.82, 2.24) is 4.98 Å². The van der Waals surface area contributed by atoms with Crippen LogP contribution in [0.2, 0.25) is 5.02 Å². The van der Waals surface area contributed by atoms with Crippen LogP contribution in [0.5, 0.6) is 5.75 Å². The summed E-state index contributed by atoms with van der Waals surface area (Å²) in [6.07, 6.45) is 1.84. The van der Waals surface area contributed by atoms with E-state index >= 15 is 0 Å². The lowest BCUT2D eigenvalue weighted by atomic mass is 10.2. The number of carbonyl (C=O) groups is 1. The molecule has 0 fully saturated rings. The minimum atomic E-state index is -0.393. The molecule has 0 spiro atoms. The molecule has 1 aromatic heterocycles. The third kappa shape index (κ3) is 4.87. The van der Waals surface area contributed by atoms with Gasteiger partial charge < -0.3 is 19.8 Å². The van der Waals surface area contributed by atoms with Gasteiger partial charge in [-0.25, -0.2) is 4.39 Å². The summed E-state index contributed by atoms with van der Waals surface area (Å²) in [6, 6.07) is 10.3. The molecule has 0 radical (unpaired) electrons. The molecule has 0 aliphatic rings. The van der Waals surface area contributed by atoms with Gasteiger partial charge >= 0.3 is 0 Å². The van der Waals surface area contributed by atoms with Gasteiger partial charge in [-0.2, -0.15) is 0 Å². The second-order valence-corrected chi connectivity index (χ2v) is 5.35. The van der Waals surface area contributed by atoms with Gasteiger partial charge in [-0.3, -0.25) is 4.79 Å². The predicted molar refractivity (Wildman–Crippen MR) is 97.2 cm³/mol. The van der Waals surface area contributed by atoms with Crippen LogP contribution in [0, 0.1) is 5.82 Å². The number of aromatic amines is 1. The lowest BCUT2D eigenvalue weighted by Crippen LogP contribution is -1.94. The highest BCUT2D eigenvalue weighted by Gasteiger charge is 2.07. The minimum absolute atomic E-state index is 0.197. The Morgan fingerprint density at radius 1 is 1.28 bits per heavy atom. The van der Waals surface area contributed by atoms with Crippen molar-refractivity contribution in [3.8, 4) is 5.75 Å². The first-order chi connectivity index (χ1) is 12.1. The number of H-pyrrole nitrogens is 1. The molecule has 3 rings (SSSR count). The zero-order chi connectivity index (χ0) is 18.2. The van der Waals surface area contributed by atoms with E-state index in [-0.39, 0.29) is 5.75 Å². The normalized spacial score (nSPS) is 9.92. The smallest absolute Gasteiger partial charge is 0.293 e. The van der Waals surface area contributed by atoms with Crippen LogP contribution in [0.4, 0.5) is 15.8 Å². The number of aromatic nitrogens is 1. The number of halogens is 2. The first-order valence-corrected chi connectivity index (χ1v) is 7.89. The van der Waals surface area contributed by atoms with E-state index in [1.54, 1.807) is 19.1 Å². The molecule has 7 heteroatoms. The summed E-state index contributed by atoms with van der Waals surface area (Å²) >= 11 is 6.09. The van der Waals surface area contributed by atoms with Crippen molar-refractivity contribution in [1.29, 1.82) is 0 Å². The van der Waals surface area contributed by atoms with Gasteiger partial charge in [0.1, 0.15) is 0 Å². The highest BCUT2D eigenvalue weighted by molar-refractivity contribution is 6.31. The molecule has 132 valence electrons. The highest BCUT2D eigenvalue weighted by atomic mass is 35.5. The number of rotatable bonds is 5. The van der Waals surface area contributed by atoms with E-state index in [9.17, 15) is 9.18 Å². The van der Waals surface area contributed by atoms with E-state index in [0.717, 1.165) is 22.3 Å². The van der Waals surface area contributed by atoms with Gasteiger partial charge in [-0.05, 0) is 37.3 Å². The third-order valence-electron chi connectivity index (χ3n) is 3.30. The fraction of sp³-hybridized carbons (Fsp3) is 0.167. The number of carbonyl (C=O) groups excluding carboxylic acids is 1. The Bertz CT molecular complexity index is 851. The lowest BCUT2D eigenvalue weighted by molar-refractivity contribution is -0.128. The largest absolute Gasteiger partial charge is 0.494 e. The van der Waals surface area contributed by atoms with Gasteiger partial charge in [-0.1, -0.05) is 11.6 Å². The van der Waals surface area contributed by atoms with Crippen molar-refractivity contribution >= 4 is 40.4 Å². The number of anilines is 2. The molecule has 0 unspecified atom stereocenters. The average molecular weight is 365 g/mol. The molecular formula is C18H18ClFN2O3. The minimum Gasteiger partial charge on any atom is -0.494 e. The average Bonchev–Trinajstić information content (AvgIpc) is 3.06. The summed E-state index contributed by atoms with van der Waals surface area (Å²) < 4.78 is 22.5. The number of ether oxygens (including phenoxy) is 2. The van der Waals surface area contributed by atoms with Crippen LogP contribution in [-0.2, 0) is 9.53 Å². The monoisotopic (exact) mass is 364 g/mol. The summed E-state index contributed by atoms with van der Waals surface area (Å²) in [5.74, 6) is -0.196. The molecule has 2 aromatic carbocycles. The maximum absolute atomic E-state index is 13.4. The van der Waals surface area contributed by atoms with E-state index in [1.807, 2.05) is 24.4 Å². The van der Waals surface area contributed by atoms with Crippen LogP contribution in [0.3, 0.4) is 0 Å². The van der Waals surface area contributed by atoms with Crippen molar-refractivity contribution in [2.45, 2.75) is 6.92 Å². The molecule has 0 aliphatic carbocycles. The first kappa shape index (κ1) is 18.6. The number of fused-ring (bicyclic) bond motifs is 1. The second-order valence-electron chi connectivity index (χ2n) is 4.92. The zero-order valence-electron chi connectivity index (χ0n) is 13.8. The molecule has 0 saturated carbocycles. The van der Waals surface area contributed by atoms with E-state index < -0.39 is 5.82 Å². The fourth-order valence-electron chi connectivity index (χ4n) is 2.20. The van der Waals surface area contributed by atoms with Crippen LogP contribution in [-0.4, -0.2) is 25.2 Å². The van der Waals surface area contributed by atoms with Crippen molar-refractivity contribution in [3.63, 3.8) is 0 Å². The van der Waals surface area contributed by atoms with Crippen molar-refractivity contribution < 1.29 is 18.7 Å².